The predicted octanol–water partition coefficient (Wildman–Crippen LogP) is 5.07. The lowest BCUT2D eigenvalue weighted by molar-refractivity contribution is -0.117. The van der Waals surface area contributed by atoms with E-state index in [0.717, 1.165) is 18.1 Å². The highest BCUT2D eigenvalue weighted by Gasteiger charge is 2.23. The number of carbonyl (C=O) groups is 1. The summed E-state index contributed by atoms with van der Waals surface area (Å²) in [7, 11) is -4.06. The third-order valence-corrected chi connectivity index (χ3v) is 7.21. The molecule has 1 aromatic heterocycles. The molecule has 7 nitrogen and oxygen atoms in total. The molecule has 4 rings (SSSR count). The molecule has 0 fully saturated rings. The number of carbonyl (C=O) groups excluding carboxylic acids is 1. The fraction of sp³-hybridized carbons (Fsp3) is 0.185. The van der Waals surface area contributed by atoms with Gasteiger partial charge in [0.05, 0.1) is 17.1 Å². The van der Waals surface area contributed by atoms with E-state index in [4.69, 9.17) is 4.42 Å². The third kappa shape index (κ3) is 4.83. The Kier molecular flexibility index (Phi) is 6.49. The average Bonchev–Trinajstić information content (AvgIpc) is 2.81. The zero-order valence-corrected chi connectivity index (χ0v) is 20.7. The highest BCUT2D eigenvalue weighted by molar-refractivity contribution is 7.90. The molecule has 0 saturated heterocycles. The van der Waals surface area contributed by atoms with Gasteiger partial charge in [-0.15, -0.1) is 0 Å². The second kappa shape index (κ2) is 9.38. The lowest BCUT2D eigenvalue weighted by atomic mass is 9.99. The summed E-state index contributed by atoms with van der Waals surface area (Å²) in [5, 5.41) is 3.69. The lowest BCUT2D eigenvalue weighted by Gasteiger charge is -2.20. The van der Waals surface area contributed by atoms with Crippen molar-refractivity contribution in [2.75, 3.05) is 5.32 Å². The van der Waals surface area contributed by atoms with Crippen LogP contribution in [0.4, 0.5) is 5.69 Å². The van der Waals surface area contributed by atoms with Crippen molar-refractivity contribution < 1.29 is 17.6 Å². The quantitative estimate of drug-likeness (QED) is 0.391. The van der Waals surface area contributed by atoms with Crippen LogP contribution in [-0.4, -0.2) is 14.3 Å². The van der Waals surface area contributed by atoms with Crippen molar-refractivity contribution in [1.29, 1.82) is 0 Å². The maximum atomic E-state index is 13.3. The van der Waals surface area contributed by atoms with E-state index in [1.54, 1.807) is 31.2 Å². The SMILES string of the molecule is CC(=O)NS(=O)(=O)c1ccccc1N[C@H](C)c1cc(C)cc2c(=O)c(C)c(-c3ccccc3)oc12. The summed E-state index contributed by atoms with van der Waals surface area (Å²) < 4.78 is 33.7. The minimum atomic E-state index is -4.06. The van der Waals surface area contributed by atoms with Crippen molar-refractivity contribution in [3.05, 3.63) is 93.6 Å². The van der Waals surface area contributed by atoms with Gasteiger partial charge in [0.15, 0.2) is 5.43 Å². The number of fused-ring (bicyclic) bond motifs is 1. The molecule has 0 radical (unpaired) electrons. The Morgan fingerprint density at radius 3 is 2.31 bits per heavy atom. The number of hydrogen-bond donors (Lipinski definition) is 2. The number of benzene rings is 3. The second-order valence-corrected chi connectivity index (χ2v) is 10.2. The number of rotatable bonds is 6. The molecule has 35 heavy (non-hydrogen) atoms. The number of nitrogens with one attached hydrogen (secondary N) is 2. The zero-order chi connectivity index (χ0) is 25.3. The van der Waals surface area contributed by atoms with Crippen LogP contribution in [0.2, 0.25) is 0 Å². The van der Waals surface area contributed by atoms with Crippen LogP contribution in [-0.2, 0) is 14.8 Å². The molecule has 0 unspecified atom stereocenters. The third-order valence-electron chi connectivity index (χ3n) is 5.72. The minimum Gasteiger partial charge on any atom is -0.455 e. The van der Waals surface area contributed by atoms with E-state index >= 15 is 0 Å². The maximum Gasteiger partial charge on any atom is 0.266 e. The number of anilines is 1. The minimum absolute atomic E-state index is 0.0544. The summed E-state index contributed by atoms with van der Waals surface area (Å²) in [5.41, 5.74) is 3.54. The van der Waals surface area contributed by atoms with Crippen molar-refractivity contribution in [2.45, 2.75) is 38.6 Å². The topological polar surface area (TPSA) is 105 Å². The first kappa shape index (κ1) is 24.2. The van der Waals surface area contributed by atoms with Gasteiger partial charge in [-0.05, 0) is 44.5 Å². The Morgan fingerprint density at radius 1 is 0.971 bits per heavy atom. The van der Waals surface area contributed by atoms with Gasteiger partial charge in [0.2, 0.25) is 5.91 Å². The molecule has 1 atom stereocenters. The molecule has 180 valence electrons. The molecule has 2 N–H and O–H groups in total. The van der Waals surface area contributed by atoms with Gasteiger partial charge in [-0.3, -0.25) is 9.59 Å². The monoisotopic (exact) mass is 490 g/mol. The summed E-state index contributed by atoms with van der Waals surface area (Å²) in [6.45, 7) is 6.65. The summed E-state index contributed by atoms with van der Waals surface area (Å²) in [6.07, 6.45) is 0. The van der Waals surface area contributed by atoms with Gasteiger partial charge in [0.1, 0.15) is 16.2 Å². The summed E-state index contributed by atoms with van der Waals surface area (Å²) in [4.78, 5) is 24.7. The molecule has 0 aliphatic heterocycles. The number of sulfonamides is 1. The van der Waals surface area contributed by atoms with Crippen LogP contribution in [0, 0.1) is 13.8 Å². The average molecular weight is 491 g/mol. The van der Waals surface area contributed by atoms with Crippen LogP contribution in [0.1, 0.15) is 36.6 Å². The van der Waals surface area contributed by atoms with Crippen molar-refractivity contribution in [3.8, 4) is 11.3 Å². The maximum absolute atomic E-state index is 13.3. The molecule has 0 bridgehead atoms. The summed E-state index contributed by atoms with van der Waals surface area (Å²) >= 11 is 0. The van der Waals surface area contributed by atoms with E-state index in [1.807, 2.05) is 55.0 Å². The predicted molar refractivity (Wildman–Crippen MR) is 137 cm³/mol. The standard InChI is InChI=1S/C27H26N2O5S/c1-16-14-21(18(3)28-23-12-8-9-13-24(23)35(32,33)29-19(4)30)27-22(15-16)25(31)17(2)26(34-27)20-10-6-5-7-11-20/h5-15,18,28H,1-4H3,(H,29,30)/t18-/m1/s1. The molecule has 0 saturated carbocycles. The van der Waals surface area contributed by atoms with Crippen LogP contribution in [0.3, 0.4) is 0 Å². The number of aryl methyl sites for hydroxylation is 1. The van der Waals surface area contributed by atoms with Gasteiger partial charge >= 0.3 is 0 Å². The van der Waals surface area contributed by atoms with Crippen LogP contribution < -0.4 is 15.5 Å². The van der Waals surface area contributed by atoms with Gasteiger partial charge in [-0.25, -0.2) is 13.1 Å². The fourth-order valence-corrected chi connectivity index (χ4v) is 5.29. The van der Waals surface area contributed by atoms with Crippen LogP contribution in [0.25, 0.3) is 22.3 Å². The van der Waals surface area contributed by atoms with Crippen LogP contribution >= 0.6 is 0 Å². The number of para-hydroxylation sites is 1. The fourth-order valence-electron chi connectivity index (χ4n) is 4.13. The van der Waals surface area contributed by atoms with Crippen molar-refractivity contribution in [2.24, 2.45) is 0 Å². The first-order valence-corrected chi connectivity index (χ1v) is 12.6. The molecular weight excluding hydrogens is 464 g/mol. The van der Waals surface area contributed by atoms with E-state index in [0.29, 0.717) is 33.5 Å². The molecular formula is C27H26N2O5S. The van der Waals surface area contributed by atoms with E-state index in [1.165, 1.54) is 6.07 Å². The Morgan fingerprint density at radius 2 is 1.63 bits per heavy atom. The van der Waals surface area contributed by atoms with Crippen molar-refractivity contribution in [3.63, 3.8) is 0 Å². The zero-order valence-electron chi connectivity index (χ0n) is 19.9. The van der Waals surface area contributed by atoms with Gasteiger partial charge in [-0.2, -0.15) is 0 Å². The molecule has 0 spiro atoms. The highest BCUT2D eigenvalue weighted by Crippen LogP contribution is 2.33. The number of hydrogen-bond acceptors (Lipinski definition) is 6. The smallest absolute Gasteiger partial charge is 0.266 e. The number of amides is 1. The van der Waals surface area contributed by atoms with Gasteiger partial charge < -0.3 is 9.73 Å². The summed E-state index contributed by atoms with van der Waals surface area (Å²) in [5.74, 6) is -0.183. The van der Waals surface area contributed by atoms with Crippen LogP contribution in [0.15, 0.2) is 80.8 Å². The molecule has 3 aromatic carbocycles. The van der Waals surface area contributed by atoms with E-state index in [2.05, 4.69) is 5.32 Å². The normalized spacial score (nSPS) is 12.3. The second-order valence-electron chi connectivity index (χ2n) is 8.51. The lowest BCUT2D eigenvalue weighted by Crippen LogP contribution is -2.29. The van der Waals surface area contributed by atoms with Crippen molar-refractivity contribution in [1.82, 2.24) is 4.72 Å². The van der Waals surface area contributed by atoms with Crippen molar-refractivity contribution >= 4 is 32.6 Å². The van der Waals surface area contributed by atoms with E-state index in [-0.39, 0.29) is 10.3 Å². The highest BCUT2D eigenvalue weighted by atomic mass is 32.2. The molecule has 4 aromatic rings. The Bertz CT molecular complexity index is 1590. The first-order valence-electron chi connectivity index (χ1n) is 11.1. The molecule has 1 amide bonds. The molecule has 1 heterocycles. The van der Waals surface area contributed by atoms with Gasteiger partial charge in [0.25, 0.3) is 10.0 Å². The summed E-state index contributed by atoms with van der Waals surface area (Å²) in [6, 6.07) is 19.0. The van der Waals surface area contributed by atoms with Crippen LogP contribution in [0.5, 0.6) is 0 Å². The van der Waals surface area contributed by atoms with Gasteiger partial charge in [-0.1, -0.05) is 48.5 Å². The largest absolute Gasteiger partial charge is 0.455 e. The molecule has 8 heteroatoms. The Balaban J connectivity index is 1.85. The first-order chi connectivity index (χ1) is 16.6. The Hall–Kier alpha value is -3.91. The van der Waals surface area contributed by atoms with E-state index in [9.17, 15) is 18.0 Å². The molecule has 0 aliphatic carbocycles. The molecule has 0 aliphatic rings. The van der Waals surface area contributed by atoms with Gasteiger partial charge in [0, 0.05) is 23.6 Å². The van der Waals surface area contributed by atoms with E-state index < -0.39 is 22.0 Å². The Labute approximate surface area is 203 Å².